The lowest BCUT2D eigenvalue weighted by molar-refractivity contribution is 0.487. The molecule has 2 aromatic rings. The summed E-state index contributed by atoms with van der Waals surface area (Å²) >= 11 is 0. The molecule has 0 radical (unpaired) electrons. The maximum absolute atomic E-state index is 5.97. The van der Waals surface area contributed by atoms with Gasteiger partial charge in [0.1, 0.15) is 0 Å². The Morgan fingerprint density at radius 3 is 3.17 bits per heavy atom. The van der Waals surface area contributed by atoms with Crippen LogP contribution in [-0.4, -0.2) is 33.6 Å². The summed E-state index contributed by atoms with van der Waals surface area (Å²) in [5.74, 6) is 0.618. The first-order valence-corrected chi connectivity index (χ1v) is 6.19. The summed E-state index contributed by atoms with van der Waals surface area (Å²) < 4.78 is 1.85. The van der Waals surface area contributed by atoms with Gasteiger partial charge in [0.2, 0.25) is 0 Å². The van der Waals surface area contributed by atoms with Gasteiger partial charge in [-0.2, -0.15) is 5.10 Å². The van der Waals surface area contributed by atoms with Crippen molar-refractivity contribution in [2.45, 2.75) is 25.4 Å². The molecule has 0 unspecified atom stereocenters. The molecule has 1 aliphatic rings. The Hall–Kier alpha value is -2.04. The van der Waals surface area contributed by atoms with Gasteiger partial charge in [0.15, 0.2) is 5.96 Å². The normalized spacial score (nSPS) is 16.2. The van der Waals surface area contributed by atoms with Crippen molar-refractivity contribution in [1.29, 1.82) is 0 Å². The molecular formula is C13H17N5. The van der Waals surface area contributed by atoms with E-state index in [0.717, 1.165) is 11.1 Å². The highest BCUT2D eigenvalue weighted by Gasteiger charge is 2.27. The molecule has 0 bridgehead atoms. The van der Waals surface area contributed by atoms with Gasteiger partial charge in [0, 0.05) is 24.8 Å². The van der Waals surface area contributed by atoms with Crippen LogP contribution in [0.25, 0.3) is 5.52 Å². The van der Waals surface area contributed by atoms with Gasteiger partial charge in [-0.1, -0.05) is 6.07 Å². The van der Waals surface area contributed by atoms with Crippen LogP contribution in [0.15, 0.2) is 35.6 Å². The van der Waals surface area contributed by atoms with Crippen LogP contribution >= 0.6 is 0 Å². The topological polar surface area (TPSA) is 58.9 Å². The van der Waals surface area contributed by atoms with E-state index in [0.29, 0.717) is 18.5 Å². The zero-order valence-electron chi connectivity index (χ0n) is 10.5. The van der Waals surface area contributed by atoms with Crippen molar-refractivity contribution in [2.75, 3.05) is 7.05 Å². The molecule has 0 saturated heterocycles. The number of guanidine groups is 1. The summed E-state index contributed by atoms with van der Waals surface area (Å²) in [4.78, 5) is 6.51. The van der Waals surface area contributed by atoms with Gasteiger partial charge in [-0.3, -0.25) is 0 Å². The van der Waals surface area contributed by atoms with Crippen LogP contribution in [0.4, 0.5) is 0 Å². The van der Waals surface area contributed by atoms with Crippen LogP contribution < -0.4 is 5.73 Å². The molecule has 18 heavy (non-hydrogen) atoms. The lowest BCUT2D eigenvalue weighted by Crippen LogP contribution is -2.35. The third-order valence-corrected chi connectivity index (χ3v) is 3.37. The van der Waals surface area contributed by atoms with Crippen molar-refractivity contribution in [1.82, 2.24) is 14.5 Å². The Labute approximate surface area is 106 Å². The molecule has 2 N–H and O–H groups in total. The molecule has 5 nitrogen and oxygen atoms in total. The second kappa shape index (κ2) is 4.33. The predicted octanol–water partition coefficient (Wildman–Crippen LogP) is 1.24. The summed E-state index contributed by atoms with van der Waals surface area (Å²) in [6.07, 6.45) is 6.23. The molecule has 2 heterocycles. The Morgan fingerprint density at radius 2 is 2.39 bits per heavy atom. The van der Waals surface area contributed by atoms with Crippen LogP contribution in [0.3, 0.4) is 0 Å². The van der Waals surface area contributed by atoms with E-state index in [4.69, 9.17) is 5.73 Å². The monoisotopic (exact) mass is 243 g/mol. The van der Waals surface area contributed by atoms with E-state index in [1.807, 2.05) is 42.2 Å². The molecule has 1 fully saturated rings. The van der Waals surface area contributed by atoms with Crippen molar-refractivity contribution in [3.8, 4) is 0 Å². The van der Waals surface area contributed by atoms with E-state index < -0.39 is 0 Å². The molecule has 94 valence electrons. The SMILES string of the molecule is CN(C(N)=NCc1cnn2ccccc12)C1CC1. The van der Waals surface area contributed by atoms with Crippen molar-refractivity contribution in [2.24, 2.45) is 10.7 Å². The fourth-order valence-corrected chi connectivity index (χ4v) is 2.04. The molecule has 0 aromatic carbocycles. The van der Waals surface area contributed by atoms with E-state index >= 15 is 0 Å². The van der Waals surface area contributed by atoms with Gasteiger partial charge >= 0.3 is 0 Å². The van der Waals surface area contributed by atoms with Gasteiger partial charge in [-0.05, 0) is 25.0 Å². The number of pyridine rings is 1. The van der Waals surface area contributed by atoms with Crippen molar-refractivity contribution >= 4 is 11.5 Å². The van der Waals surface area contributed by atoms with Crippen LogP contribution in [0.2, 0.25) is 0 Å². The number of nitrogens with two attached hydrogens (primary N) is 1. The summed E-state index contributed by atoms with van der Waals surface area (Å²) in [5, 5.41) is 4.28. The van der Waals surface area contributed by atoms with Crippen LogP contribution in [0.5, 0.6) is 0 Å². The molecule has 0 atom stereocenters. The highest BCUT2D eigenvalue weighted by molar-refractivity contribution is 5.78. The number of hydrogen-bond donors (Lipinski definition) is 1. The van der Waals surface area contributed by atoms with E-state index in [1.54, 1.807) is 0 Å². The maximum Gasteiger partial charge on any atom is 0.191 e. The van der Waals surface area contributed by atoms with E-state index in [2.05, 4.69) is 15.0 Å². The second-order valence-corrected chi connectivity index (χ2v) is 4.72. The summed E-state index contributed by atoms with van der Waals surface area (Å²) in [6, 6.07) is 6.60. The van der Waals surface area contributed by atoms with Gasteiger partial charge in [0.25, 0.3) is 0 Å². The van der Waals surface area contributed by atoms with Gasteiger partial charge < -0.3 is 10.6 Å². The minimum absolute atomic E-state index is 0.580. The number of hydrogen-bond acceptors (Lipinski definition) is 2. The van der Waals surface area contributed by atoms with Gasteiger partial charge in [-0.25, -0.2) is 9.51 Å². The largest absolute Gasteiger partial charge is 0.370 e. The van der Waals surface area contributed by atoms with Gasteiger partial charge in [-0.15, -0.1) is 0 Å². The first-order chi connectivity index (χ1) is 8.75. The van der Waals surface area contributed by atoms with E-state index in [-0.39, 0.29) is 0 Å². The fraction of sp³-hybridized carbons (Fsp3) is 0.385. The summed E-state index contributed by atoms with van der Waals surface area (Å²) in [7, 11) is 2.01. The minimum Gasteiger partial charge on any atom is -0.370 e. The van der Waals surface area contributed by atoms with Gasteiger partial charge in [0.05, 0.1) is 18.3 Å². The maximum atomic E-state index is 5.97. The highest BCUT2D eigenvalue weighted by Crippen LogP contribution is 2.25. The number of fused-ring (bicyclic) bond motifs is 1. The van der Waals surface area contributed by atoms with Crippen LogP contribution in [0, 0.1) is 0 Å². The Morgan fingerprint density at radius 1 is 1.56 bits per heavy atom. The lowest BCUT2D eigenvalue weighted by Gasteiger charge is -2.16. The second-order valence-electron chi connectivity index (χ2n) is 4.72. The minimum atomic E-state index is 0.580. The molecule has 1 aliphatic carbocycles. The number of aromatic nitrogens is 2. The number of aliphatic imine (C=N–C) groups is 1. The summed E-state index contributed by atoms with van der Waals surface area (Å²) in [5.41, 5.74) is 8.15. The third kappa shape index (κ3) is 2.03. The summed E-state index contributed by atoms with van der Waals surface area (Å²) in [6.45, 7) is 0.580. The first kappa shape index (κ1) is 11.1. The lowest BCUT2D eigenvalue weighted by atomic mass is 10.2. The highest BCUT2D eigenvalue weighted by atomic mass is 15.3. The Bertz CT molecular complexity index is 582. The van der Waals surface area contributed by atoms with E-state index in [9.17, 15) is 0 Å². The molecule has 0 aliphatic heterocycles. The van der Waals surface area contributed by atoms with Crippen molar-refractivity contribution in [3.63, 3.8) is 0 Å². The first-order valence-electron chi connectivity index (χ1n) is 6.19. The molecule has 5 heteroatoms. The number of rotatable bonds is 3. The Kier molecular flexibility index (Phi) is 2.66. The number of nitrogens with zero attached hydrogens (tertiary/aromatic N) is 4. The smallest absolute Gasteiger partial charge is 0.191 e. The zero-order valence-corrected chi connectivity index (χ0v) is 10.5. The third-order valence-electron chi connectivity index (χ3n) is 3.37. The average Bonchev–Trinajstić information content (AvgIpc) is 3.16. The zero-order chi connectivity index (χ0) is 12.5. The van der Waals surface area contributed by atoms with Crippen molar-refractivity contribution < 1.29 is 0 Å². The van der Waals surface area contributed by atoms with Crippen LogP contribution in [0.1, 0.15) is 18.4 Å². The fourth-order valence-electron chi connectivity index (χ4n) is 2.04. The quantitative estimate of drug-likeness (QED) is 0.652. The molecule has 1 saturated carbocycles. The molecular weight excluding hydrogens is 226 g/mol. The van der Waals surface area contributed by atoms with Crippen LogP contribution in [-0.2, 0) is 6.54 Å². The molecule has 0 amide bonds. The standard InChI is InChI=1S/C13H17N5/c1-17(11-5-6-11)13(14)15-8-10-9-16-18-7-3-2-4-12(10)18/h2-4,7,9,11H,5-6,8H2,1H3,(H2,14,15). The van der Waals surface area contributed by atoms with E-state index in [1.165, 1.54) is 12.8 Å². The Balaban J connectivity index is 1.78. The molecule has 3 rings (SSSR count). The molecule has 0 spiro atoms. The predicted molar refractivity (Wildman–Crippen MR) is 71.3 cm³/mol. The average molecular weight is 243 g/mol. The van der Waals surface area contributed by atoms with Crippen molar-refractivity contribution in [3.05, 3.63) is 36.2 Å². The molecule has 2 aromatic heterocycles.